The largest absolute Gasteiger partial charge is 0.480 e. The molecule has 1 atom stereocenters. The minimum atomic E-state index is -4.78. The monoisotopic (exact) mass is 320 g/mol. The van der Waals surface area contributed by atoms with Crippen LogP contribution >= 0.6 is 0 Å². The second-order valence-corrected chi connectivity index (χ2v) is 4.44. The number of amides is 1. The smallest absolute Gasteiger partial charge is 0.391 e. The normalized spacial score (nSPS) is 12.5. The zero-order chi connectivity index (χ0) is 17.1. The molecular formula is C12H11F3N2O5. The van der Waals surface area contributed by atoms with Crippen molar-refractivity contribution in [1.82, 2.24) is 5.32 Å². The topological polar surface area (TPSA) is 110 Å². The number of aryl methyl sites for hydroxylation is 1. The number of carboxylic acid groups (broad SMARTS) is 1. The second-order valence-electron chi connectivity index (χ2n) is 4.44. The van der Waals surface area contributed by atoms with Crippen LogP contribution in [-0.2, 0) is 4.79 Å². The maximum Gasteiger partial charge on any atom is 0.391 e. The summed E-state index contributed by atoms with van der Waals surface area (Å²) in [6.45, 7) is 1.41. The fourth-order valence-corrected chi connectivity index (χ4v) is 1.64. The van der Waals surface area contributed by atoms with Crippen molar-refractivity contribution in [2.75, 3.05) is 0 Å². The average molecular weight is 320 g/mol. The summed E-state index contributed by atoms with van der Waals surface area (Å²) in [6, 6.07) is 1.06. The third kappa shape index (κ3) is 4.72. The number of aliphatic carboxylic acids is 1. The number of non-ortho nitro benzene ring substituents is 1. The zero-order valence-electron chi connectivity index (χ0n) is 11.2. The molecule has 0 aliphatic rings. The molecule has 10 heteroatoms. The van der Waals surface area contributed by atoms with Crippen LogP contribution in [0.4, 0.5) is 18.9 Å². The summed E-state index contributed by atoms with van der Waals surface area (Å²) < 4.78 is 36.8. The lowest BCUT2D eigenvalue weighted by Crippen LogP contribution is -2.43. The number of hydrogen-bond acceptors (Lipinski definition) is 4. The molecule has 7 nitrogen and oxygen atoms in total. The molecule has 0 saturated heterocycles. The van der Waals surface area contributed by atoms with E-state index in [1.54, 1.807) is 5.32 Å². The number of carbonyl (C=O) groups is 2. The van der Waals surface area contributed by atoms with Gasteiger partial charge in [-0.1, -0.05) is 6.07 Å². The van der Waals surface area contributed by atoms with E-state index in [0.717, 1.165) is 12.1 Å². The zero-order valence-corrected chi connectivity index (χ0v) is 11.2. The Labute approximate surface area is 121 Å². The van der Waals surface area contributed by atoms with Crippen molar-refractivity contribution in [2.24, 2.45) is 0 Å². The van der Waals surface area contributed by atoms with Gasteiger partial charge in [0.15, 0.2) is 0 Å². The van der Waals surface area contributed by atoms with Crippen molar-refractivity contribution in [3.8, 4) is 0 Å². The Morgan fingerprint density at radius 1 is 1.41 bits per heavy atom. The van der Waals surface area contributed by atoms with Gasteiger partial charge in [0.1, 0.15) is 6.04 Å². The Morgan fingerprint density at radius 3 is 2.45 bits per heavy atom. The predicted molar refractivity (Wildman–Crippen MR) is 67.4 cm³/mol. The number of nitro groups is 1. The molecule has 1 unspecified atom stereocenters. The first-order valence-corrected chi connectivity index (χ1v) is 5.86. The molecule has 120 valence electrons. The molecule has 22 heavy (non-hydrogen) atoms. The first-order valence-electron chi connectivity index (χ1n) is 5.86. The van der Waals surface area contributed by atoms with E-state index in [1.807, 2.05) is 0 Å². The van der Waals surface area contributed by atoms with Gasteiger partial charge in [-0.15, -0.1) is 0 Å². The lowest BCUT2D eigenvalue weighted by molar-refractivity contribution is -0.384. The quantitative estimate of drug-likeness (QED) is 0.637. The standard InChI is InChI=1S/C12H11F3N2O5/c1-6-2-3-7(17(21)22)4-8(6)10(18)16-9(11(19)20)5-12(13,14)15/h2-4,9H,5H2,1H3,(H,16,18)(H,19,20). The lowest BCUT2D eigenvalue weighted by Gasteiger charge is -2.16. The first-order chi connectivity index (χ1) is 10.0. The summed E-state index contributed by atoms with van der Waals surface area (Å²) in [5.41, 5.74) is -0.430. The minimum Gasteiger partial charge on any atom is -0.480 e. The molecule has 0 aliphatic carbocycles. The van der Waals surface area contributed by atoms with Crippen LogP contribution in [0, 0.1) is 17.0 Å². The highest BCUT2D eigenvalue weighted by molar-refractivity contribution is 5.98. The molecule has 2 N–H and O–H groups in total. The van der Waals surface area contributed by atoms with Gasteiger partial charge < -0.3 is 10.4 Å². The van der Waals surface area contributed by atoms with Crippen molar-refractivity contribution >= 4 is 17.6 Å². The number of nitro benzene ring substituents is 1. The van der Waals surface area contributed by atoms with Crippen LogP contribution in [0.5, 0.6) is 0 Å². The number of rotatable bonds is 5. The highest BCUT2D eigenvalue weighted by Crippen LogP contribution is 2.22. The Hall–Kier alpha value is -2.65. The summed E-state index contributed by atoms with van der Waals surface area (Å²) in [5, 5.41) is 21.1. The van der Waals surface area contributed by atoms with Crippen LogP contribution in [0.2, 0.25) is 0 Å². The number of carboxylic acids is 1. The predicted octanol–water partition coefficient (Wildman–Crippen LogP) is 2.04. The van der Waals surface area contributed by atoms with E-state index in [2.05, 4.69) is 0 Å². The molecule has 0 fully saturated rings. The van der Waals surface area contributed by atoms with Crippen molar-refractivity contribution in [2.45, 2.75) is 25.6 Å². The van der Waals surface area contributed by atoms with Crippen LogP contribution in [-0.4, -0.2) is 34.1 Å². The molecule has 0 radical (unpaired) electrons. The van der Waals surface area contributed by atoms with Gasteiger partial charge in [-0.25, -0.2) is 4.79 Å². The number of hydrogen-bond donors (Lipinski definition) is 2. The Kier molecular flexibility index (Phi) is 5.07. The SMILES string of the molecule is Cc1ccc([N+](=O)[O-])cc1C(=O)NC(CC(F)(F)F)C(=O)O. The van der Waals surface area contributed by atoms with Gasteiger partial charge in [0.2, 0.25) is 0 Å². The number of nitrogens with one attached hydrogen (secondary N) is 1. The van der Waals surface area contributed by atoms with Crippen LogP contribution in [0.1, 0.15) is 22.3 Å². The Bertz CT molecular complexity index is 615. The number of halogens is 3. The van der Waals surface area contributed by atoms with Gasteiger partial charge in [0, 0.05) is 17.7 Å². The second kappa shape index (κ2) is 6.41. The summed E-state index contributed by atoms with van der Waals surface area (Å²) in [7, 11) is 0. The molecule has 0 aromatic heterocycles. The maximum atomic E-state index is 12.3. The lowest BCUT2D eigenvalue weighted by atomic mass is 10.1. The number of nitrogens with zero attached hydrogens (tertiary/aromatic N) is 1. The number of benzene rings is 1. The maximum absolute atomic E-state index is 12.3. The van der Waals surface area contributed by atoms with Gasteiger partial charge in [0.05, 0.1) is 11.3 Å². The Morgan fingerprint density at radius 2 is 2.00 bits per heavy atom. The van der Waals surface area contributed by atoms with Gasteiger partial charge in [-0.2, -0.15) is 13.2 Å². The molecule has 0 saturated carbocycles. The van der Waals surface area contributed by atoms with Crippen LogP contribution in [0.3, 0.4) is 0 Å². The molecule has 1 aromatic rings. The highest BCUT2D eigenvalue weighted by atomic mass is 19.4. The van der Waals surface area contributed by atoms with E-state index in [4.69, 9.17) is 5.11 Å². The van der Waals surface area contributed by atoms with E-state index in [-0.39, 0.29) is 11.1 Å². The summed E-state index contributed by atoms with van der Waals surface area (Å²) >= 11 is 0. The summed E-state index contributed by atoms with van der Waals surface area (Å²) in [5.74, 6) is -2.98. The fraction of sp³-hybridized carbons (Fsp3) is 0.333. The van der Waals surface area contributed by atoms with Crippen LogP contribution < -0.4 is 5.32 Å². The third-order valence-corrected chi connectivity index (χ3v) is 2.72. The van der Waals surface area contributed by atoms with E-state index < -0.39 is 41.1 Å². The summed E-state index contributed by atoms with van der Waals surface area (Å²) in [4.78, 5) is 32.5. The van der Waals surface area contributed by atoms with E-state index in [0.29, 0.717) is 0 Å². The van der Waals surface area contributed by atoms with Crippen LogP contribution in [0.15, 0.2) is 18.2 Å². The number of alkyl halides is 3. The summed E-state index contributed by atoms with van der Waals surface area (Å²) in [6.07, 6.45) is -6.53. The minimum absolute atomic E-state index is 0.261. The van der Waals surface area contributed by atoms with E-state index >= 15 is 0 Å². The molecule has 1 amide bonds. The van der Waals surface area contributed by atoms with Crippen molar-refractivity contribution in [3.63, 3.8) is 0 Å². The van der Waals surface area contributed by atoms with Gasteiger partial charge in [-0.3, -0.25) is 14.9 Å². The molecule has 0 aliphatic heterocycles. The molecule has 1 aromatic carbocycles. The Balaban J connectivity index is 3.02. The van der Waals surface area contributed by atoms with Gasteiger partial charge in [-0.05, 0) is 12.5 Å². The number of carbonyl (C=O) groups excluding carboxylic acids is 1. The highest BCUT2D eigenvalue weighted by Gasteiger charge is 2.36. The third-order valence-electron chi connectivity index (χ3n) is 2.72. The van der Waals surface area contributed by atoms with Gasteiger partial charge in [0.25, 0.3) is 11.6 Å². The van der Waals surface area contributed by atoms with Crippen LogP contribution in [0.25, 0.3) is 0 Å². The average Bonchev–Trinajstić information content (AvgIpc) is 2.36. The fourth-order valence-electron chi connectivity index (χ4n) is 1.64. The molecule has 0 heterocycles. The van der Waals surface area contributed by atoms with E-state index in [9.17, 15) is 32.9 Å². The van der Waals surface area contributed by atoms with E-state index in [1.165, 1.54) is 13.0 Å². The van der Waals surface area contributed by atoms with Crippen molar-refractivity contribution in [1.29, 1.82) is 0 Å². The van der Waals surface area contributed by atoms with Gasteiger partial charge >= 0.3 is 12.1 Å². The molecular weight excluding hydrogens is 309 g/mol. The van der Waals surface area contributed by atoms with Crippen molar-refractivity contribution < 1.29 is 32.8 Å². The first kappa shape index (κ1) is 17.4. The molecule has 1 rings (SSSR count). The molecule has 0 spiro atoms. The molecule has 0 bridgehead atoms. The van der Waals surface area contributed by atoms with Crippen molar-refractivity contribution in [3.05, 3.63) is 39.4 Å².